The van der Waals surface area contributed by atoms with Crippen molar-refractivity contribution in [2.24, 2.45) is 7.05 Å². The third-order valence-corrected chi connectivity index (χ3v) is 3.22. The molecule has 2 aromatic rings. The Labute approximate surface area is 110 Å². The Kier molecular flexibility index (Phi) is 3.68. The molecule has 1 unspecified atom stereocenters. The first-order valence-corrected chi connectivity index (χ1v) is 5.98. The maximum Gasteiger partial charge on any atom is 0.127 e. The highest BCUT2D eigenvalue weighted by atomic mass is 35.5. The maximum absolute atomic E-state index is 13.6. The monoisotopic (exact) mass is 268 g/mol. The molecule has 2 rings (SSSR count). The summed E-state index contributed by atoms with van der Waals surface area (Å²) in [4.78, 5) is 0. The van der Waals surface area contributed by atoms with Gasteiger partial charge in [-0.3, -0.25) is 4.68 Å². The van der Waals surface area contributed by atoms with Gasteiger partial charge >= 0.3 is 0 Å². The SMILES string of the molecule is Cc1nn(C)cc1C(O)Cc1c(F)cccc1Cl. The quantitative estimate of drug-likeness (QED) is 0.930. The van der Waals surface area contributed by atoms with Gasteiger partial charge in [0.2, 0.25) is 0 Å². The zero-order chi connectivity index (χ0) is 13.3. The van der Waals surface area contributed by atoms with Crippen LogP contribution >= 0.6 is 11.6 Å². The van der Waals surface area contributed by atoms with Gasteiger partial charge in [-0.05, 0) is 19.1 Å². The van der Waals surface area contributed by atoms with Crippen molar-refractivity contribution in [2.75, 3.05) is 0 Å². The average molecular weight is 269 g/mol. The molecule has 1 N–H and O–H groups in total. The second-order valence-corrected chi connectivity index (χ2v) is 4.67. The van der Waals surface area contributed by atoms with Gasteiger partial charge in [0, 0.05) is 35.8 Å². The zero-order valence-electron chi connectivity index (χ0n) is 10.2. The van der Waals surface area contributed by atoms with E-state index in [-0.39, 0.29) is 6.42 Å². The number of hydrogen-bond acceptors (Lipinski definition) is 2. The number of aliphatic hydroxyl groups is 1. The number of aryl methyl sites for hydroxylation is 2. The molecular formula is C13H14ClFN2O. The van der Waals surface area contributed by atoms with Crippen molar-refractivity contribution in [3.05, 3.63) is 52.1 Å². The molecule has 0 aliphatic rings. The molecule has 0 radical (unpaired) electrons. The molecule has 0 spiro atoms. The fourth-order valence-corrected chi connectivity index (χ4v) is 2.22. The maximum atomic E-state index is 13.6. The predicted molar refractivity (Wildman–Crippen MR) is 68.0 cm³/mol. The summed E-state index contributed by atoms with van der Waals surface area (Å²) in [6.07, 6.45) is 1.06. The third-order valence-electron chi connectivity index (χ3n) is 2.87. The predicted octanol–water partition coefficient (Wildman–Crippen LogP) is 2.80. The van der Waals surface area contributed by atoms with E-state index in [1.54, 1.807) is 30.1 Å². The Bertz CT molecular complexity index is 548. The Balaban J connectivity index is 2.26. The van der Waals surface area contributed by atoms with Crippen LogP contribution in [0.4, 0.5) is 4.39 Å². The van der Waals surface area contributed by atoms with Crippen molar-refractivity contribution < 1.29 is 9.50 Å². The van der Waals surface area contributed by atoms with Crippen LogP contribution in [-0.2, 0) is 13.5 Å². The van der Waals surface area contributed by atoms with E-state index in [9.17, 15) is 9.50 Å². The fraction of sp³-hybridized carbons (Fsp3) is 0.308. The van der Waals surface area contributed by atoms with E-state index in [0.29, 0.717) is 16.1 Å². The minimum Gasteiger partial charge on any atom is -0.388 e. The van der Waals surface area contributed by atoms with Crippen molar-refractivity contribution in [3.63, 3.8) is 0 Å². The van der Waals surface area contributed by atoms with Crippen LogP contribution in [0.15, 0.2) is 24.4 Å². The van der Waals surface area contributed by atoms with Crippen LogP contribution < -0.4 is 0 Å². The van der Waals surface area contributed by atoms with Crippen molar-refractivity contribution in [3.8, 4) is 0 Å². The van der Waals surface area contributed by atoms with Gasteiger partial charge in [-0.1, -0.05) is 17.7 Å². The van der Waals surface area contributed by atoms with Crippen LogP contribution in [0, 0.1) is 12.7 Å². The molecule has 0 saturated carbocycles. The minimum atomic E-state index is -0.812. The molecule has 1 aromatic heterocycles. The first kappa shape index (κ1) is 13.1. The molecule has 0 aliphatic carbocycles. The van der Waals surface area contributed by atoms with Gasteiger partial charge in [-0.15, -0.1) is 0 Å². The summed E-state index contributed by atoms with van der Waals surface area (Å²) >= 11 is 5.93. The molecule has 1 heterocycles. The summed E-state index contributed by atoms with van der Waals surface area (Å²) in [5, 5.41) is 14.6. The molecule has 18 heavy (non-hydrogen) atoms. The molecule has 0 fully saturated rings. The number of rotatable bonds is 3. The zero-order valence-corrected chi connectivity index (χ0v) is 10.9. The first-order chi connectivity index (χ1) is 8.49. The molecule has 0 amide bonds. The molecule has 0 bridgehead atoms. The van der Waals surface area contributed by atoms with Crippen LogP contribution in [0.1, 0.15) is 22.9 Å². The number of aromatic nitrogens is 2. The van der Waals surface area contributed by atoms with Gasteiger partial charge in [0.15, 0.2) is 0 Å². The summed E-state index contributed by atoms with van der Waals surface area (Å²) in [5.74, 6) is -0.400. The molecule has 5 heteroatoms. The van der Waals surface area contributed by atoms with Crippen LogP contribution in [0.2, 0.25) is 5.02 Å². The van der Waals surface area contributed by atoms with Crippen molar-refractivity contribution in [2.45, 2.75) is 19.4 Å². The van der Waals surface area contributed by atoms with Crippen molar-refractivity contribution >= 4 is 11.6 Å². The van der Waals surface area contributed by atoms with E-state index in [0.717, 1.165) is 5.69 Å². The van der Waals surface area contributed by atoms with Gasteiger partial charge in [0.05, 0.1) is 11.8 Å². The lowest BCUT2D eigenvalue weighted by Crippen LogP contribution is -2.04. The van der Waals surface area contributed by atoms with Gasteiger partial charge in [0.1, 0.15) is 5.82 Å². The summed E-state index contributed by atoms with van der Waals surface area (Å²) in [7, 11) is 1.78. The Morgan fingerprint density at radius 3 is 2.78 bits per heavy atom. The Hall–Kier alpha value is -1.39. The van der Waals surface area contributed by atoms with Crippen molar-refractivity contribution in [1.29, 1.82) is 0 Å². The molecule has 0 aliphatic heterocycles. The van der Waals surface area contributed by atoms with E-state index in [4.69, 9.17) is 11.6 Å². The topological polar surface area (TPSA) is 38.0 Å². The van der Waals surface area contributed by atoms with Crippen LogP contribution in [0.5, 0.6) is 0 Å². The van der Waals surface area contributed by atoms with Crippen LogP contribution in [0.25, 0.3) is 0 Å². The standard InChI is InChI=1S/C13H14ClFN2O/c1-8-10(7-17(2)16-8)13(18)6-9-11(14)4-3-5-12(9)15/h3-5,7,13,18H,6H2,1-2H3. The average Bonchev–Trinajstić information content (AvgIpc) is 2.63. The lowest BCUT2D eigenvalue weighted by Gasteiger charge is -2.11. The second-order valence-electron chi connectivity index (χ2n) is 4.26. The van der Waals surface area contributed by atoms with Gasteiger partial charge in [-0.2, -0.15) is 5.10 Å². The summed E-state index contributed by atoms with van der Waals surface area (Å²) in [6, 6.07) is 4.50. The summed E-state index contributed by atoms with van der Waals surface area (Å²) in [5.41, 5.74) is 1.75. The molecule has 0 saturated heterocycles. The number of nitrogens with zero attached hydrogens (tertiary/aromatic N) is 2. The second kappa shape index (κ2) is 5.08. The van der Waals surface area contributed by atoms with Gasteiger partial charge in [-0.25, -0.2) is 4.39 Å². The third kappa shape index (κ3) is 2.54. The molecule has 1 atom stereocenters. The van der Waals surface area contributed by atoms with E-state index in [1.807, 2.05) is 6.92 Å². The Morgan fingerprint density at radius 2 is 2.22 bits per heavy atom. The normalized spacial score (nSPS) is 12.7. The van der Waals surface area contributed by atoms with Crippen molar-refractivity contribution in [1.82, 2.24) is 9.78 Å². The first-order valence-electron chi connectivity index (χ1n) is 5.60. The highest BCUT2D eigenvalue weighted by Crippen LogP contribution is 2.26. The minimum absolute atomic E-state index is 0.137. The number of benzene rings is 1. The molecule has 1 aromatic carbocycles. The highest BCUT2D eigenvalue weighted by molar-refractivity contribution is 6.31. The number of hydrogen-bond donors (Lipinski definition) is 1. The summed E-state index contributed by atoms with van der Waals surface area (Å²) < 4.78 is 15.2. The molecule has 96 valence electrons. The van der Waals surface area contributed by atoms with Crippen LogP contribution in [0.3, 0.4) is 0 Å². The number of halogens is 2. The molecular weight excluding hydrogens is 255 g/mol. The largest absolute Gasteiger partial charge is 0.388 e. The fourth-order valence-electron chi connectivity index (χ4n) is 1.98. The number of aliphatic hydroxyl groups excluding tert-OH is 1. The van der Waals surface area contributed by atoms with E-state index in [1.165, 1.54) is 6.07 Å². The van der Waals surface area contributed by atoms with E-state index in [2.05, 4.69) is 5.10 Å². The lowest BCUT2D eigenvalue weighted by molar-refractivity contribution is 0.176. The highest BCUT2D eigenvalue weighted by Gasteiger charge is 2.17. The van der Waals surface area contributed by atoms with Gasteiger partial charge in [0.25, 0.3) is 0 Å². The van der Waals surface area contributed by atoms with E-state index < -0.39 is 11.9 Å². The Morgan fingerprint density at radius 1 is 1.50 bits per heavy atom. The van der Waals surface area contributed by atoms with Gasteiger partial charge < -0.3 is 5.11 Å². The molecule has 3 nitrogen and oxygen atoms in total. The van der Waals surface area contributed by atoms with E-state index >= 15 is 0 Å². The summed E-state index contributed by atoms with van der Waals surface area (Å²) in [6.45, 7) is 1.81. The lowest BCUT2D eigenvalue weighted by atomic mass is 10.0. The smallest absolute Gasteiger partial charge is 0.127 e. The van der Waals surface area contributed by atoms with Crippen LogP contribution in [-0.4, -0.2) is 14.9 Å².